The molecule has 0 aromatic carbocycles. The van der Waals surface area contributed by atoms with E-state index in [1.54, 1.807) is 28.1 Å². The van der Waals surface area contributed by atoms with Crippen LogP contribution in [0.5, 0.6) is 0 Å². The van der Waals surface area contributed by atoms with E-state index in [4.69, 9.17) is 4.42 Å². The molecule has 2 amide bonds. The standard InChI is InChI=1S/C18H18N4O3/c1-13-4-5-22-12-14(19-16(22)11-13)17(23)20-6-8-21(9-7-20)18(24)15-3-2-10-25-15/h2-5,10-12H,6-9H2,1H3. The molecular weight excluding hydrogens is 320 g/mol. The van der Waals surface area contributed by atoms with Crippen molar-refractivity contribution >= 4 is 17.5 Å². The lowest BCUT2D eigenvalue weighted by Crippen LogP contribution is -2.50. The summed E-state index contributed by atoms with van der Waals surface area (Å²) in [5, 5.41) is 0. The summed E-state index contributed by atoms with van der Waals surface area (Å²) in [6, 6.07) is 7.26. The number of imidazole rings is 1. The summed E-state index contributed by atoms with van der Waals surface area (Å²) < 4.78 is 7.00. The maximum absolute atomic E-state index is 12.7. The second-order valence-corrected chi connectivity index (χ2v) is 6.16. The van der Waals surface area contributed by atoms with E-state index in [0.717, 1.165) is 11.2 Å². The van der Waals surface area contributed by atoms with Crippen LogP contribution in [-0.2, 0) is 0 Å². The third-order valence-corrected chi connectivity index (χ3v) is 4.42. The van der Waals surface area contributed by atoms with E-state index in [9.17, 15) is 9.59 Å². The van der Waals surface area contributed by atoms with E-state index < -0.39 is 0 Å². The molecule has 0 aliphatic carbocycles. The first-order chi connectivity index (χ1) is 12.1. The molecule has 1 aliphatic heterocycles. The number of carbonyl (C=O) groups is 2. The van der Waals surface area contributed by atoms with Crippen LogP contribution in [0, 0.1) is 6.92 Å². The van der Waals surface area contributed by atoms with Crippen molar-refractivity contribution in [2.75, 3.05) is 26.2 Å². The summed E-state index contributed by atoms with van der Waals surface area (Å²) in [7, 11) is 0. The SMILES string of the molecule is Cc1ccn2cc(C(=O)N3CCN(C(=O)c4ccco4)CC3)nc2c1. The third-order valence-electron chi connectivity index (χ3n) is 4.42. The predicted octanol–water partition coefficient (Wildman–Crippen LogP) is 1.83. The van der Waals surface area contributed by atoms with Crippen molar-refractivity contribution < 1.29 is 14.0 Å². The van der Waals surface area contributed by atoms with Gasteiger partial charge in [0.25, 0.3) is 11.8 Å². The molecule has 0 radical (unpaired) electrons. The molecule has 0 unspecified atom stereocenters. The Morgan fingerprint density at radius 1 is 1.08 bits per heavy atom. The lowest BCUT2D eigenvalue weighted by Gasteiger charge is -2.33. The molecular formula is C18H18N4O3. The highest BCUT2D eigenvalue weighted by Gasteiger charge is 2.27. The highest BCUT2D eigenvalue weighted by atomic mass is 16.3. The van der Waals surface area contributed by atoms with Crippen LogP contribution >= 0.6 is 0 Å². The number of amides is 2. The first-order valence-electron chi connectivity index (χ1n) is 8.19. The minimum Gasteiger partial charge on any atom is -0.459 e. The van der Waals surface area contributed by atoms with Crippen LogP contribution in [0.3, 0.4) is 0 Å². The van der Waals surface area contributed by atoms with E-state index in [-0.39, 0.29) is 11.8 Å². The average molecular weight is 338 g/mol. The van der Waals surface area contributed by atoms with Gasteiger partial charge in [-0.05, 0) is 36.8 Å². The molecule has 25 heavy (non-hydrogen) atoms. The van der Waals surface area contributed by atoms with Gasteiger partial charge in [-0.15, -0.1) is 0 Å². The number of carbonyl (C=O) groups excluding carboxylic acids is 2. The monoisotopic (exact) mass is 338 g/mol. The summed E-state index contributed by atoms with van der Waals surface area (Å²) in [6.45, 7) is 3.93. The van der Waals surface area contributed by atoms with Gasteiger partial charge in [0.1, 0.15) is 11.3 Å². The van der Waals surface area contributed by atoms with Crippen molar-refractivity contribution in [2.45, 2.75) is 6.92 Å². The quantitative estimate of drug-likeness (QED) is 0.715. The Labute approximate surface area is 144 Å². The minimum absolute atomic E-state index is 0.105. The number of rotatable bonds is 2. The van der Waals surface area contributed by atoms with Gasteiger partial charge < -0.3 is 18.6 Å². The lowest BCUT2D eigenvalue weighted by molar-refractivity contribution is 0.0515. The number of nitrogens with zero attached hydrogens (tertiary/aromatic N) is 4. The van der Waals surface area contributed by atoms with Gasteiger partial charge in [0.15, 0.2) is 5.76 Å². The van der Waals surface area contributed by atoms with Gasteiger partial charge in [0.05, 0.1) is 6.26 Å². The van der Waals surface area contributed by atoms with Gasteiger partial charge in [0.2, 0.25) is 0 Å². The van der Waals surface area contributed by atoms with E-state index >= 15 is 0 Å². The predicted molar refractivity (Wildman–Crippen MR) is 90.4 cm³/mol. The summed E-state index contributed by atoms with van der Waals surface area (Å²) >= 11 is 0. The first-order valence-corrected chi connectivity index (χ1v) is 8.19. The number of furan rings is 1. The van der Waals surface area contributed by atoms with Crippen molar-refractivity contribution in [3.8, 4) is 0 Å². The summed E-state index contributed by atoms with van der Waals surface area (Å²) in [5.74, 6) is 0.0854. The number of aryl methyl sites for hydroxylation is 1. The number of pyridine rings is 1. The van der Waals surface area contributed by atoms with E-state index in [1.807, 2.05) is 29.7 Å². The smallest absolute Gasteiger partial charge is 0.289 e. The normalized spacial score (nSPS) is 14.9. The number of aromatic nitrogens is 2. The molecule has 3 aromatic rings. The number of piperazine rings is 1. The first kappa shape index (κ1) is 15.4. The molecule has 4 rings (SSSR count). The molecule has 0 atom stereocenters. The fraction of sp³-hybridized carbons (Fsp3) is 0.278. The zero-order valence-electron chi connectivity index (χ0n) is 13.9. The molecule has 0 bridgehead atoms. The molecule has 1 aliphatic rings. The van der Waals surface area contributed by atoms with E-state index in [1.165, 1.54) is 6.26 Å². The third kappa shape index (κ3) is 2.88. The fourth-order valence-electron chi connectivity index (χ4n) is 3.02. The molecule has 0 N–H and O–H groups in total. The Balaban J connectivity index is 1.44. The largest absolute Gasteiger partial charge is 0.459 e. The van der Waals surface area contributed by atoms with Gasteiger partial charge in [-0.1, -0.05) is 0 Å². The van der Waals surface area contributed by atoms with Crippen LogP contribution in [0.25, 0.3) is 5.65 Å². The number of fused-ring (bicyclic) bond motifs is 1. The topological polar surface area (TPSA) is 71.1 Å². The van der Waals surface area contributed by atoms with Crippen molar-refractivity contribution in [3.63, 3.8) is 0 Å². The van der Waals surface area contributed by atoms with Crippen LogP contribution in [0.2, 0.25) is 0 Å². The summed E-state index contributed by atoms with van der Waals surface area (Å²) in [4.78, 5) is 32.8. The molecule has 7 nitrogen and oxygen atoms in total. The molecule has 128 valence electrons. The Kier molecular flexibility index (Phi) is 3.76. The Morgan fingerprint density at radius 2 is 1.80 bits per heavy atom. The van der Waals surface area contributed by atoms with Gasteiger partial charge in [0, 0.05) is 38.6 Å². The van der Waals surface area contributed by atoms with Crippen LogP contribution in [-0.4, -0.2) is 57.2 Å². The van der Waals surface area contributed by atoms with Gasteiger partial charge >= 0.3 is 0 Å². The number of hydrogen-bond donors (Lipinski definition) is 0. The zero-order chi connectivity index (χ0) is 17.4. The van der Waals surface area contributed by atoms with Crippen LogP contribution in [0.15, 0.2) is 47.3 Å². The molecule has 1 fully saturated rings. The Hall–Kier alpha value is -3.09. The summed E-state index contributed by atoms with van der Waals surface area (Å²) in [6.07, 6.45) is 5.13. The zero-order valence-corrected chi connectivity index (χ0v) is 13.9. The highest BCUT2D eigenvalue weighted by Crippen LogP contribution is 2.13. The second kappa shape index (κ2) is 6.08. The van der Waals surface area contributed by atoms with Gasteiger partial charge in [-0.3, -0.25) is 9.59 Å². The molecule has 7 heteroatoms. The van der Waals surface area contributed by atoms with E-state index in [2.05, 4.69) is 4.98 Å². The second-order valence-electron chi connectivity index (χ2n) is 6.16. The highest BCUT2D eigenvalue weighted by molar-refractivity contribution is 5.94. The van der Waals surface area contributed by atoms with Crippen molar-refractivity contribution in [1.29, 1.82) is 0 Å². The van der Waals surface area contributed by atoms with Crippen LogP contribution < -0.4 is 0 Å². The molecule has 4 heterocycles. The van der Waals surface area contributed by atoms with Gasteiger partial charge in [-0.25, -0.2) is 4.98 Å². The number of hydrogen-bond acceptors (Lipinski definition) is 4. The Morgan fingerprint density at radius 3 is 2.48 bits per heavy atom. The molecule has 0 saturated carbocycles. The Bertz CT molecular complexity index is 921. The van der Waals surface area contributed by atoms with Crippen molar-refractivity contribution in [2.24, 2.45) is 0 Å². The van der Waals surface area contributed by atoms with Crippen LogP contribution in [0.4, 0.5) is 0 Å². The minimum atomic E-state index is -0.139. The van der Waals surface area contributed by atoms with Crippen molar-refractivity contribution in [1.82, 2.24) is 19.2 Å². The molecule has 3 aromatic heterocycles. The molecule has 0 spiro atoms. The maximum Gasteiger partial charge on any atom is 0.289 e. The van der Waals surface area contributed by atoms with Crippen LogP contribution in [0.1, 0.15) is 26.6 Å². The van der Waals surface area contributed by atoms with E-state index in [0.29, 0.717) is 37.6 Å². The lowest BCUT2D eigenvalue weighted by atomic mass is 10.2. The maximum atomic E-state index is 12.7. The van der Waals surface area contributed by atoms with Gasteiger partial charge in [-0.2, -0.15) is 0 Å². The fourth-order valence-corrected chi connectivity index (χ4v) is 3.02. The molecule has 1 saturated heterocycles. The average Bonchev–Trinajstić information content (AvgIpc) is 3.30. The van der Waals surface area contributed by atoms with Crippen molar-refractivity contribution in [3.05, 3.63) is 59.9 Å². The summed E-state index contributed by atoms with van der Waals surface area (Å²) in [5.41, 5.74) is 2.29.